The Balaban J connectivity index is 2.88. The van der Waals surface area contributed by atoms with Crippen LogP contribution >= 0.6 is 0 Å². The van der Waals surface area contributed by atoms with Gasteiger partial charge in [-0.05, 0) is 37.9 Å². The molecule has 1 unspecified atom stereocenters. The van der Waals surface area contributed by atoms with Gasteiger partial charge in [-0.3, -0.25) is 0 Å². The van der Waals surface area contributed by atoms with Crippen LogP contribution in [0.25, 0.3) is 0 Å². The maximum Gasteiger partial charge on any atom is 0.130 e. The summed E-state index contributed by atoms with van der Waals surface area (Å²) in [7, 11) is 0. The van der Waals surface area contributed by atoms with Crippen molar-refractivity contribution in [2.75, 3.05) is 6.54 Å². The highest BCUT2D eigenvalue weighted by atomic mass is 19.1. The minimum absolute atomic E-state index is 0.0399. The van der Waals surface area contributed by atoms with Gasteiger partial charge in [0.05, 0.1) is 6.10 Å². The van der Waals surface area contributed by atoms with Crippen molar-refractivity contribution in [1.82, 2.24) is 0 Å². The van der Waals surface area contributed by atoms with E-state index in [1.165, 1.54) is 6.07 Å². The summed E-state index contributed by atoms with van der Waals surface area (Å²) in [5.41, 5.74) is 6.14. The molecule has 84 valence electrons. The second-order valence-electron chi connectivity index (χ2n) is 3.99. The van der Waals surface area contributed by atoms with Gasteiger partial charge in [0.1, 0.15) is 11.6 Å². The molecular weight excluding hydrogens is 193 g/mol. The molecule has 3 heteroatoms. The zero-order valence-corrected chi connectivity index (χ0v) is 9.46. The number of nitrogens with two attached hydrogens (primary N) is 1. The van der Waals surface area contributed by atoms with Gasteiger partial charge in [-0.25, -0.2) is 4.39 Å². The predicted octanol–water partition coefficient (Wildman–Crippen LogP) is 2.68. The van der Waals surface area contributed by atoms with Crippen molar-refractivity contribution in [1.29, 1.82) is 0 Å². The molecule has 0 amide bonds. The molecule has 0 bridgehead atoms. The molecule has 1 atom stereocenters. The Hall–Kier alpha value is -1.09. The van der Waals surface area contributed by atoms with Crippen molar-refractivity contribution in [2.45, 2.75) is 32.8 Å². The summed E-state index contributed by atoms with van der Waals surface area (Å²) in [6.45, 7) is 6.17. The molecular formula is C12H18FNO. The van der Waals surface area contributed by atoms with E-state index >= 15 is 0 Å². The fourth-order valence-electron chi connectivity index (χ4n) is 1.38. The molecule has 0 fully saturated rings. The quantitative estimate of drug-likeness (QED) is 0.831. The fourth-order valence-corrected chi connectivity index (χ4v) is 1.38. The zero-order chi connectivity index (χ0) is 11.4. The first-order valence-electron chi connectivity index (χ1n) is 5.20. The lowest BCUT2D eigenvalue weighted by Crippen LogP contribution is -2.11. The van der Waals surface area contributed by atoms with Gasteiger partial charge in [-0.1, -0.05) is 13.0 Å². The first kappa shape index (κ1) is 12.0. The van der Waals surface area contributed by atoms with Gasteiger partial charge in [-0.2, -0.15) is 0 Å². The van der Waals surface area contributed by atoms with Crippen LogP contribution in [0.4, 0.5) is 4.39 Å². The van der Waals surface area contributed by atoms with Crippen molar-refractivity contribution < 1.29 is 9.13 Å². The molecule has 2 N–H and O–H groups in total. The minimum atomic E-state index is -0.244. The summed E-state index contributed by atoms with van der Waals surface area (Å²) in [4.78, 5) is 0. The van der Waals surface area contributed by atoms with E-state index in [-0.39, 0.29) is 17.8 Å². The van der Waals surface area contributed by atoms with Gasteiger partial charge in [-0.15, -0.1) is 0 Å². The van der Waals surface area contributed by atoms with Crippen LogP contribution in [0, 0.1) is 5.82 Å². The van der Waals surface area contributed by atoms with Crippen LogP contribution in [-0.2, 0) is 0 Å². The second-order valence-corrected chi connectivity index (χ2v) is 3.99. The Morgan fingerprint density at radius 3 is 2.47 bits per heavy atom. The fraction of sp³-hybridized carbons (Fsp3) is 0.500. The first-order valence-corrected chi connectivity index (χ1v) is 5.20. The van der Waals surface area contributed by atoms with E-state index in [1.807, 2.05) is 20.8 Å². The van der Waals surface area contributed by atoms with Gasteiger partial charge < -0.3 is 10.5 Å². The number of hydrogen-bond acceptors (Lipinski definition) is 2. The summed E-state index contributed by atoms with van der Waals surface area (Å²) in [5, 5.41) is 0. The third-order valence-corrected chi connectivity index (χ3v) is 2.23. The Labute approximate surface area is 90.2 Å². The predicted molar refractivity (Wildman–Crippen MR) is 59.6 cm³/mol. The van der Waals surface area contributed by atoms with Crippen LogP contribution in [0.2, 0.25) is 0 Å². The Bertz CT molecular complexity index is 325. The van der Waals surface area contributed by atoms with Gasteiger partial charge >= 0.3 is 0 Å². The van der Waals surface area contributed by atoms with Crippen LogP contribution in [0.15, 0.2) is 18.2 Å². The lowest BCUT2D eigenvalue weighted by Gasteiger charge is -2.13. The van der Waals surface area contributed by atoms with Gasteiger partial charge in [0.2, 0.25) is 0 Å². The SMILES string of the molecule is CC(C)Oc1ccc(C(C)CN)c(F)c1. The van der Waals surface area contributed by atoms with Crippen LogP contribution in [0.1, 0.15) is 32.3 Å². The maximum absolute atomic E-state index is 13.6. The van der Waals surface area contributed by atoms with Gasteiger partial charge in [0, 0.05) is 6.07 Å². The average molecular weight is 211 g/mol. The highest BCUT2D eigenvalue weighted by molar-refractivity contribution is 5.31. The van der Waals surface area contributed by atoms with E-state index in [0.717, 1.165) is 0 Å². The Kier molecular flexibility index (Phi) is 4.09. The number of hydrogen-bond donors (Lipinski definition) is 1. The molecule has 1 aromatic rings. The van der Waals surface area contributed by atoms with Crippen molar-refractivity contribution in [3.8, 4) is 5.75 Å². The molecule has 1 aromatic carbocycles. The number of rotatable bonds is 4. The van der Waals surface area contributed by atoms with E-state index in [9.17, 15) is 4.39 Å². The molecule has 0 aromatic heterocycles. The smallest absolute Gasteiger partial charge is 0.130 e. The molecule has 0 aliphatic heterocycles. The van der Waals surface area contributed by atoms with Crippen molar-refractivity contribution in [3.05, 3.63) is 29.6 Å². The van der Waals surface area contributed by atoms with Gasteiger partial charge in [0.15, 0.2) is 0 Å². The van der Waals surface area contributed by atoms with Crippen LogP contribution < -0.4 is 10.5 Å². The first-order chi connectivity index (χ1) is 7.04. The number of halogens is 1. The molecule has 0 aliphatic carbocycles. The molecule has 0 heterocycles. The molecule has 0 aliphatic rings. The molecule has 1 rings (SSSR count). The Morgan fingerprint density at radius 1 is 1.33 bits per heavy atom. The second kappa shape index (κ2) is 5.12. The number of ether oxygens (including phenoxy) is 1. The minimum Gasteiger partial charge on any atom is -0.491 e. The van der Waals surface area contributed by atoms with Crippen molar-refractivity contribution >= 4 is 0 Å². The molecule has 2 nitrogen and oxygen atoms in total. The van der Waals surface area contributed by atoms with Crippen LogP contribution in [0.5, 0.6) is 5.75 Å². The van der Waals surface area contributed by atoms with E-state index in [1.54, 1.807) is 12.1 Å². The standard InChI is InChI=1S/C12H18FNO/c1-8(2)15-10-4-5-11(9(3)7-14)12(13)6-10/h4-6,8-9H,7,14H2,1-3H3. The Morgan fingerprint density at radius 2 is 2.00 bits per heavy atom. The van der Waals surface area contributed by atoms with E-state index in [0.29, 0.717) is 17.9 Å². The largest absolute Gasteiger partial charge is 0.491 e. The molecule has 15 heavy (non-hydrogen) atoms. The van der Waals surface area contributed by atoms with Crippen molar-refractivity contribution in [3.63, 3.8) is 0 Å². The van der Waals surface area contributed by atoms with E-state index in [4.69, 9.17) is 10.5 Å². The average Bonchev–Trinajstić information content (AvgIpc) is 2.16. The zero-order valence-electron chi connectivity index (χ0n) is 9.46. The lowest BCUT2D eigenvalue weighted by atomic mass is 10.0. The molecule has 0 saturated heterocycles. The lowest BCUT2D eigenvalue weighted by molar-refractivity contribution is 0.241. The third-order valence-electron chi connectivity index (χ3n) is 2.23. The highest BCUT2D eigenvalue weighted by Crippen LogP contribution is 2.23. The van der Waals surface area contributed by atoms with Crippen LogP contribution in [0.3, 0.4) is 0 Å². The third kappa shape index (κ3) is 3.20. The summed E-state index contributed by atoms with van der Waals surface area (Å²) in [6, 6.07) is 4.94. The molecule has 0 radical (unpaired) electrons. The maximum atomic E-state index is 13.6. The summed E-state index contributed by atoms with van der Waals surface area (Å²) in [6.07, 6.45) is 0.0576. The van der Waals surface area contributed by atoms with E-state index in [2.05, 4.69) is 0 Å². The topological polar surface area (TPSA) is 35.2 Å². The summed E-state index contributed by atoms with van der Waals surface area (Å²) in [5.74, 6) is 0.361. The highest BCUT2D eigenvalue weighted by Gasteiger charge is 2.10. The summed E-state index contributed by atoms with van der Waals surface area (Å²) >= 11 is 0. The van der Waals surface area contributed by atoms with E-state index < -0.39 is 0 Å². The van der Waals surface area contributed by atoms with Crippen LogP contribution in [-0.4, -0.2) is 12.6 Å². The van der Waals surface area contributed by atoms with Crippen molar-refractivity contribution in [2.24, 2.45) is 5.73 Å². The molecule has 0 saturated carbocycles. The molecule has 0 spiro atoms. The van der Waals surface area contributed by atoms with Gasteiger partial charge in [0.25, 0.3) is 0 Å². The number of benzene rings is 1. The monoisotopic (exact) mass is 211 g/mol. The normalized spacial score (nSPS) is 12.9. The summed E-state index contributed by atoms with van der Waals surface area (Å²) < 4.78 is 19.0.